The summed E-state index contributed by atoms with van der Waals surface area (Å²) < 4.78 is 1.03. The molecule has 18 heavy (non-hydrogen) atoms. The highest BCUT2D eigenvalue weighted by atomic mass is 79.9. The fourth-order valence-electron chi connectivity index (χ4n) is 1.37. The van der Waals surface area contributed by atoms with Crippen molar-refractivity contribution < 1.29 is 0 Å². The molecular weight excluding hydrogens is 310 g/mol. The lowest BCUT2D eigenvalue weighted by Gasteiger charge is -2.05. The van der Waals surface area contributed by atoms with Gasteiger partial charge in [0.1, 0.15) is 0 Å². The van der Waals surface area contributed by atoms with Crippen molar-refractivity contribution in [2.24, 2.45) is 5.10 Å². The number of unbranched alkanes of at least 4 members (excludes halogenated alkanes) is 2. The van der Waals surface area contributed by atoms with Crippen LogP contribution in [0.5, 0.6) is 0 Å². The van der Waals surface area contributed by atoms with E-state index in [0.717, 1.165) is 23.0 Å². The van der Waals surface area contributed by atoms with Crippen LogP contribution in [-0.2, 0) is 0 Å². The molecule has 98 valence electrons. The van der Waals surface area contributed by atoms with Gasteiger partial charge in [-0.15, -0.1) is 0 Å². The Labute approximate surface area is 122 Å². The number of hydrazone groups is 1. The minimum Gasteiger partial charge on any atom is -0.361 e. The largest absolute Gasteiger partial charge is 0.361 e. The molecule has 2 N–H and O–H groups in total. The first-order valence-electron chi connectivity index (χ1n) is 6.05. The summed E-state index contributed by atoms with van der Waals surface area (Å²) in [5, 5.41) is 7.76. The predicted molar refractivity (Wildman–Crippen MR) is 85.0 cm³/mol. The molecule has 0 fully saturated rings. The third kappa shape index (κ3) is 6.71. The van der Waals surface area contributed by atoms with E-state index in [0.29, 0.717) is 5.11 Å². The first-order chi connectivity index (χ1) is 8.72. The zero-order valence-electron chi connectivity index (χ0n) is 10.4. The molecule has 0 amide bonds. The number of thiocarbonyl (C=S) groups is 1. The van der Waals surface area contributed by atoms with Gasteiger partial charge in [0.25, 0.3) is 0 Å². The van der Waals surface area contributed by atoms with E-state index in [2.05, 4.69) is 38.7 Å². The Hall–Kier alpha value is -0.940. The zero-order chi connectivity index (χ0) is 13.2. The van der Waals surface area contributed by atoms with Crippen LogP contribution in [0.15, 0.2) is 33.8 Å². The van der Waals surface area contributed by atoms with E-state index in [1.807, 2.05) is 24.3 Å². The Balaban J connectivity index is 2.25. The van der Waals surface area contributed by atoms with Crippen LogP contribution in [0.3, 0.4) is 0 Å². The topological polar surface area (TPSA) is 36.4 Å². The maximum absolute atomic E-state index is 5.10. The van der Waals surface area contributed by atoms with E-state index in [1.165, 1.54) is 12.8 Å². The third-order valence-electron chi connectivity index (χ3n) is 2.29. The maximum atomic E-state index is 5.10. The number of benzene rings is 1. The van der Waals surface area contributed by atoms with Gasteiger partial charge in [0.05, 0.1) is 6.21 Å². The molecule has 1 aromatic carbocycles. The van der Waals surface area contributed by atoms with E-state index in [-0.39, 0.29) is 0 Å². The Kier molecular flexibility index (Phi) is 7.60. The number of halogens is 1. The highest BCUT2D eigenvalue weighted by Gasteiger charge is 1.92. The second-order valence-corrected chi connectivity index (χ2v) is 5.21. The van der Waals surface area contributed by atoms with Crippen LogP contribution in [0.4, 0.5) is 0 Å². The summed E-state index contributed by atoms with van der Waals surface area (Å²) in [7, 11) is 0. The van der Waals surface area contributed by atoms with E-state index >= 15 is 0 Å². The number of nitrogens with zero attached hydrogens (tertiary/aromatic N) is 1. The monoisotopic (exact) mass is 327 g/mol. The van der Waals surface area contributed by atoms with Gasteiger partial charge in [0.2, 0.25) is 0 Å². The summed E-state index contributed by atoms with van der Waals surface area (Å²) in [5.41, 5.74) is 3.82. The molecule has 1 rings (SSSR count). The summed E-state index contributed by atoms with van der Waals surface area (Å²) in [5.74, 6) is 0. The Morgan fingerprint density at radius 1 is 1.44 bits per heavy atom. The van der Waals surface area contributed by atoms with Crippen molar-refractivity contribution in [3.8, 4) is 0 Å². The van der Waals surface area contributed by atoms with Crippen molar-refractivity contribution in [3.63, 3.8) is 0 Å². The van der Waals surface area contributed by atoms with Gasteiger partial charge < -0.3 is 5.32 Å². The van der Waals surface area contributed by atoms with Crippen molar-refractivity contribution in [3.05, 3.63) is 34.3 Å². The van der Waals surface area contributed by atoms with E-state index in [1.54, 1.807) is 6.21 Å². The maximum Gasteiger partial charge on any atom is 0.186 e. The smallest absolute Gasteiger partial charge is 0.186 e. The Morgan fingerprint density at radius 2 is 2.28 bits per heavy atom. The van der Waals surface area contributed by atoms with E-state index < -0.39 is 0 Å². The van der Waals surface area contributed by atoms with Crippen LogP contribution in [0.25, 0.3) is 0 Å². The standard InChI is InChI=1S/C13H18BrN3S/c1-2-3-4-8-15-13(18)17-16-10-11-6-5-7-12(14)9-11/h5-7,9-10H,2-4,8H2,1H3,(H2,15,17,18)/b16-10-. The van der Waals surface area contributed by atoms with Gasteiger partial charge in [-0.3, -0.25) is 5.43 Å². The summed E-state index contributed by atoms with van der Waals surface area (Å²) in [4.78, 5) is 0. The van der Waals surface area contributed by atoms with E-state index in [4.69, 9.17) is 12.2 Å². The molecule has 0 atom stereocenters. The van der Waals surface area contributed by atoms with Gasteiger partial charge in [-0.05, 0) is 36.3 Å². The van der Waals surface area contributed by atoms with Crippen LogP contribution in [-0.4, -0.2) is 17.9 Å². The average Bonchev–Trinajstić information content (AvgIpc) is 2.35. The quantitative estimate of drug-likeness (QED) is 0.363. The SMILES string of the molecule is CCCCCNC(=S)N/N=C\c1cccc(Br)c1. The van der Waals surface area contributed by atoms with Crippen molar-refractivity contribution in [1.29, 1.82) is 0 Å². The first kappa shape index (κ1) is 15.1. The van der Waals surface area contributed by atoms with Crippen LogP contribution >= 0.6 is 28.1 Å². The van der Waals surface area contributed by atoms with Crippen molar-refractivity contribution >= 4 is 39.5 Å². The highest BCUT2D eigenvalue weighted by Crippen LogP contribution is 2.09. The molecular formula is C13H18BrN3S. The summed E-state index contributed by atoms with van der Waals surface area (Å²) in [6.45, 7) is 3.07. The number of hydrogen-bond donors (Lipinski definition) is 2. The second-order valence-electron chi connectivity index (χ2n) is 3.89. The summed E-state index contributed by atoms with van der Waals surface area (Å²) in [6, 6.07) is 7.91. The second kappa shape index (κ2) is 9.05. The molecule has 5 heteroatoms. The molecule has 0 aliphatic carbocycles. The number of nitrogens with one attached hydrogen (secondary N) is 2. The number of rotatable bonds is 6. The van der Waals surface area contributed by atoms with Gasteiger partial charge >= 0.3 is 0 Å². The molecule has 1 aromatic rings. The molecule has 0 saturated heterocycles. The van der Waals surface area contributed by atoms with Crippen LogP contribution < -0.4 is 10.7 Å². The van der Waals surface area contributed by atoms with Gasteiger partial charge in [0, 0.05) is 11.0 Å². The molecule has 0 heterocycles. The Bertz CT molecular complexity index is 407. The van der Waals surface area contributed by atoms with Crippen molar-refractivity contribution in [2.45, 2.75) is 26.2 Å². The highest BCUT2D eigenvalue weighted by molar-refractivity contribution is 9.10. The Morgan fingerprint density at radius 3 is 3.00 bits per heavy atom. The average molecular weight is 328 g/mol. The fraction of sp³-hybridized carbons (Fsp3) is 0.385. The molecule has 0 aliphatic heterocycles. The lowest BCUT2D eigenvalue weighted by Crippen LogP contribution is -2.32. The molecule has 0 spiro atoms. The zero-order valence-corrected chi connectivity index (χ0v) is 12.9. The third-order valence-corrected chi connectivity index (χ3v) is 3.02. The normalized spacial score (nSPS) is 10.6. The molecule has 0 radical (unpaired) electrons. The minimum atomic E-state index is 0.567. The summed E-state index contributed by atoms with van der Waals surface area (Å²) >= 11 is 8.51. The summed E-state index contributed by atoms with van der Waals surface area (Å²) in [6.07, 6.45) is 5.30. The van der Waals surface area contributed by atoms with Gasteiger partial charge in [-0.2, -0.15) is 5.10 Å². The van der Waals surface area contributed by atoms with Crippen LogP contribution in [0.1, 0.15) is 31.7 Å². The molecule has 0 unspecified atom stereocenters. The van der Waals surface area contributed by atoms with Crippen LogP contribution in [0.2, 0.25) is 0 Å². The van der Waals surface area contributed by atoms with Crippen molar-refractivity contribution in [2.75, 3.05) is 6.54 Å². The lowest BCUT2D eigenvalue weighted by atomic mass is 10.2. The first-order valence-corrected chi connectivity index (χ1v) is 7.25. The van der Waals surface area contributed by atoms with Gasteiger partial charge in [0.15, 0.2) is 5.11 Å². The molecule has 0 aromatic heterocycles. The molecule has 0 bridgehead atoms. The lowest BCUT2D eigenvalue weighted by molar-refractivity contribution is 0.691. The van der Waals surface area contributed by atoms with E-state index in [9.17, 15) is 0 Å². The fourth-order valence-corrected chi connectivity index (χ4v) is 1.94. The van der Waals surface area contributed by atoms with Crippen molar-refractivity contribution in [1.82, 2.24) is 10.7 Å². The molecule has 3 nitrogen and oxygen atoms in total. The minimum absolute atomic E-state index is 0.567. The molecule has 0 saturated carbocycles. The number of hydrogen-bond acceptors (Lipinski definition) is 2. The van der Waals surface area contributed by atoms with Gasteiger partial charge in [-0.25, -0.2) is 0 Å². The molecule has 0 aliphatic rings. The van der Waals surface area contributed by atoms with Gasteiger partial charge in [-0.1, -0.05) is 47.8 Å². The van der Waals surface area contributed by atoms with Crippen LogP contribution in [0, 0.1) is 0 Å². The predicted octanol–water partition coefficient (Wildman–Crippen LogP) is 3.44.